The van der Waals surface area contributed by atoms with Crippen LogP contribution in [0.25, 0.3) is 0 Å². The zero-order chi connectivity index (χ0) is 17.6. The molecule has 130 valence electrons. The van der Waals surface area contributed by atoms with Crippen LogP contribution in [0.3, 0.4) is 0 Å². The van der Waals surface area contributed by atoms with E-state index in [1.165, 1.54) is 19.3 Å². The van der Waals surface area contributed by atoms with Gasteiger partial charge in [0.15, 0.2) is 5.17 Å². The number of nitriles is 1. The number of para-hydroxylation sites is 2. The van der Waals surface area contributed by atoms with E-state index in [2.05, 4.69) is 40.6 Å². The molecule has 5 heteroatoms. The lowest BCUT2D eigenvalue weighted by atomic mass is 9.76. The van der Waals surface area contributed by atoms with E-state index in [1.54, 1.807) is 11.8 Å². The highest BCUT2D eigenvalue weighted by Gasteiger charge is 2.53. The number of nitrogens with zero attached hydrogens (tertiary/aromatic N) is 3. The maximum absolute atomic E-state index is 10.1. The van der Waals surface area contributed by atoms with Crippen molar-refractivity contribution in [1.82, 2.24) is 4.90 Å². The summed E-state index contributed by atoms with van der Waals surface area (Å²) in [7, 11) is 0. The Labute approximate surface area is 157 Å². The lowest BCUT2D eigenvalue weighted by Gasteiger charge is -2.37. The Balaban J connectivity index is 1.73. The molecular formula is C21H20N4S. The molecule has 5 rings (SSSR count). The fourth-order valence-corrected chi connectivity index (χ4v) is 5.59. The topological polar surface area (TPSA) is 51.4 Å². The zero-order valence-electron chi connectivity index (χ0n) is 14.5. The highest BCUT2D eigenvalue weighted by molar-refractivity contribution is 8.14. The van der Waals surface area contributed by atoms with Crippen LogP contribution in [0.15, 0.2) is 53.5 Å². The van der Waals surface area contributed by atoms with Crippen LogP contribution in [-0.4, -0.2) is 28.4 Å². The molecule has 3 heterocycles. The van der Waals surface area contributed by atoms with E-state index in [1.807, 2.05) is 24.3 Å². The SMILES string of the molecule is N#CC1SC(N2CCCCC2)=NC12c1ccccc1Nc1ccccc12. The van der Waals surface area contributed by atoms with Gasteiger partial charge in [-0.15, -0.1) is 0 Å². The van der Waals surface area contributed by atoms with E-state index in [4.69, 9.17) is 4.99 Å². The predicted octanol–water partition coefficient (Wildman–Crippen LogP) is 4.47. The van der Waals surface area contributed by atoms with Gasteiger partial charge in [-0.3, -0.25) is 0 Å². The van der Waals surface area contributed by atoms with Gasteiger partial charge in [0.1, 0.15) is 10.8 Å². The van der Waals surface area contributed by atoms with E-state index in [-0.39, 0.29) is 5.25 Å². The monoisotopic (exact) mass is 360 g/mol. The number of benzene rings is 2. The largest absolute Gasteiger partial charge is 0.355 e. The third-order valence-corrected chi connectivity index (χ3v) is 6.81. The number of anilines is 2. The third kappa shape index (κ3) is 2.18. The van der Waals surface area contributed by atoms with Gasteiger partial charge in [0, 0.05) is 35.6 Å². The van der Waals surface area contributed by atoms with E-state index in [0.29, 0.717) is 0 Å². The molecule has 1 atom stereocenters. The fourth-order valence-electron chi connectivity index (χ4n) is 4.32. The molecule has 2 aromatic carbocycles. The van der Waals surface area contributed by atoms with Crippen molar-refractivity contribution in [3.63, 3.8) is 0 Å². The standard InChI is InChI=1S/C21H20N4S/c22-14-19-21(24-20(26-19)25-12-6-1-7-13-25)15-8-2-4-10-17(15)23-18-11-5-3-9-16(18)21/h2-5,8-11,19,23H,1,6-7,12-13H2. The second-order valence-corrected chi connectivity index (χ2v) is 8.12. The van der Waals surface area contributed by atoms with Crippen molar-refractivity contribution in [2.45, 2.75) is 30.1 Å². The molecule has 3 aliphatic rings. The molecule has 1 N–H and O–H groups in total. The number of aliphatic imine (C=N–C) groups is 1. The molecule has 4 nitrogen and oxygen atoms in total. The molecule has 0 saturated carbocycles. The van der Waals surface area contributed by atoms with Gasteiger partial charge in [0.2, 0.25) is 0 Å². The summed E-state index contributed by atoms with van der Waals surface area (Å²) in [6, 6.07) is 19.1. The number of rotatable bonds is 0. The minimum atomic E-state index is -0.634. The molecule has 26 heavy (non-hydrogen) atoms. The molecule has 1 fully saturated rings. The average Bonchev–Trinajstić information content (AvgIpc) is 3.09. The van der Waals surface area contributed by atoms with Crippen molar-refractivity contribution in [3.05, 3.63) is 59.7 Å². The number of hydrogen-bond acceptors (Lipinski definition) is 5. The number of likely N-dealkylation sites (tertiary alicyclic amines) is 1. The number of fused-ring (bicyclic) bond motifs is 4. The smallest absolute Gasteiger partial charge is 0.161 e. The first-order valence-corrected chi connectivity index (χ1v) is 10.1. The maximum atomic E-state index is 10.1. The summed E-state index contributed by atoms with van der Waals surface area (Å²) in [4.78, 5) is 7.66. The van der Waals surface area contributed by atoms with Crippen LogP contribution in [-0.2, 0) is 5.54 Å². The Bertz CT molecular complexity index is 878. The second-order valence-electron chi connectivity index (χ2n) is 7.05. The lowest BCUT2D eigenvalue weighted by Crippen LogP contribution is -2.37. The van der Waals surface area contributed by atoms with Gasteiger partial charge in [-0.2, -0.15) is 5.26 Å². The summed E-state index contributed by atoms with van der Waals surface area (Å²) in [6.07, 6.45) is 3.70. The van der Waals surface area contributed by atoms with Crippen LogP contribution < -0.4 is 5.32 Å². The molecule has 3 aliphatic heterocycles. The number of thioether (sulfide) groups is 1. The average molecular weight is 360 g/mol. The Morgan fingerprint density at radius 3 is 2.23 bits per heavy atom. The first-order valence-electron chi connectivity index (χ1n) is 9.20. The van der Waals surface area contributed by atoms with Crippen LogP contribution in [0.2, 0.25) is 0 Å². The zero-order valence-corrected chi connectivity index (χ0v) is 15.3. The van der Waals surface area contributed by atoms with E-state index in [9.17, 15) is 5.26 Å². The van der Waals surface area contributed by atoms with Gasteiger partial charge in [-0.25, -0.2) is 4.99 Å². The Kier molecular flexibility index (Phi) is 3.68. The highest BCUT2D eigenvalue weighted by Crippen LogP contribution is 2.55. The Hall–Kier alpha value is -2.45. The highest BCUT2D eigenvalue weighted by atomic mass is 32.2. The third-order valence-electron chi connectivity index (χ3n) is 5.56. The Morgan fingerprint density at radius 1 is 1.00 bits per heavy atom. The molecule has 2 aromatic rings. The van der Waals surface area contributed by atoms with Crippen molar-refractivity contribution in [1.29, 1.82) is 5.26 Å². The number of amidine groups is 1. The van der Waals surface area contributed by atoms with Gasteiger partial charge < -0.3 is 10.2 Å². The predicted molar refractivity (Wildman–Crippen MR) is 107 cm³/mol. The molecule has 0 radical (unpaired) electrons. The van der Waals surface area contributed by atoms with Crippen molar-refractivity contribution in [2.24, 2.45) is 4.99 Å². The fraction of sp³-hybridized carbons (Fsp3) is 0.333. The van der Waals surface area contributed by atoms with Crippen LogP contribution >= 0.6 is 11.8 Å². The summed E-state index contributed by atoms with van der Waals surface area (Å²) in [5.41, 5.74) is 3.67. The summed E-state index contributed by atoms with van der Waals surface area (Å²) in [5, 5.41) is 14.4. The molecule has 1 unspecified atom stereocenters. The minimum absolute atomic E-state index is 0.260. The van der Waals surface area contributed by atoms with Crippen LogP contribution in [0, 0.1) is 11.3 Å². The summed E-state index contributed by atoms with van der Waals surface area (Å²) in [5.74, 6) is 0. The molecule has 1 saturated heterocycles. The summed E-state index contributed by atoms with van der Waals surface area (Å²) >= 11 is 1.64. The van der Waals surface area contributed by atoms with Crippen molar-refractivity contribution in [2.75, 3.05) is 18.4 Å². The molecule has 0 aromatic heterocycles. The van der Waals surface area contributed by atoms with Crippen LogP contribution in [0.4, 0.5) is 11.4 Å². The van der Waals surface area contributed by atoms with Gasteiger partial charge in [0.25, 0.3) is 0 Å². The lowest BCUT2D eigenvalue weighted by molar-refractivity contribution is 0.345. The van der Waals surface area contributed by atoms with E-state index in [0.717, 1.165) is 40.8 Å². The van der Waals surface area contributed by atoms with Crippen molar-refractivity contribution < 1.29 is 0 Å². The van der Waals surface area contributed by atoms with Gasteiger partial charge in [-0.05, 0) is 31.4 Å². The number of hydrogen-bond donors (Lipinski definition) is 1. The minimum Gasteiger partial charge on any atom is -0.355 e. The maximum Gasteiger partial charge on any atom is 0.161 e. The van der Waals surface area contributed by atoms with E-state index >= 15 is 0 Å². The quantitative estimate of drug-likeness (QED) is 0.753. The first-order chi connectivity index (χ1) is 12.8. The van der Waals surface area contributed by atoms with Gasteiger partial charge in [-0.1, -0.05) is 48.2 Å². The van der Waals surface area contributed by atoms with Gasteiger partial charge >= 0.3 is 0 Å². The molecular weight excluding hydrogens is 340 g/mol. The van der Waals surface area contributed by atoms with E-state index < -0.39 is 5.54 Å². The Morgan fingerprint density at radius 2 is 1.62 bits per heavy atom. The number of nitrogens with one attached hydrogen (secondary N) is 1. The normalized spacial score (nSPS) is 22.8. The number of piperidine rings is 1. The molecule has 0 aliphatic carbocycles. The summed E-state index contributed by atoms with van der Waals surface area (Å²) in [6.45, 7) is 2.09. The van der Waals surface area contributed by atoms with Crippen LogP contribution in [0.5, 0.6) is 0 Å². The molecule has 0 bridgehead atoms. The van der Waals surface area contributed by atoms with Gasteiger partial charge in [0.05, 0.1) is 6.07 Å². The summed E-state index contributed by atoms with van der Waals surface area (Å²) < 4.78 is 0. The molecule has 1 spiro atoms. The van der Waals surface area contributed by atoms with Crippen molar-refractivity contribution in [3.8, 4) is 6.07 Å². The van der Waals surface area contributed by atoms with Crippen molar-refractivity contribution >= 4 is 28.3 Å². The molecule has 0 amide bonds. The second kappa shape index (κ2) is 6.07. The first kappa shape index (κ1) is 15.8. The van der Waals surface area contributed by atoms with Crippen LogP contribution in [0.1, 0.15) is 30.4 Å².